The zero-order valence-corrected chi connectivity index (χ0v) is 14.0. The van der Waals surface area contributed by atoms with Crippen molar-refractivity contribution >= 4 is 11.0 Å². The number of rotatable bonds is 3. The monoisotopic (exact) mass is 307 g/mol. The minimum Gasteiger partial charge on any atom is -0.342 e. The molecule has 23 heavy (non-hydrogen) atoms. The Morgan fingerprint density at radius 3 is 2.48 bits per heavy atom. The third-order valence-corrected chi connectivity index (χ3v) is 4.50. The smallest absolute Gasteiger partial charge is 0.107 e. The Hall–Kier alpha value is -2.16. The van der Waals surface area contributed by atoms with Gasteiger partial charge in [0, 0.05) is 18.8 Å². The molecule has 0 amide bonds. The Kier molecular flexibility index (Phi) is 5.06. The van der Waals surface area contributed by atoms with Crippen molar-refractivity contribution in [3.63, 3.8) is 0 Å². The number of imidazole rings is 1. The molecule has 1 aliphatic carbocycles. The lowest BCUT2D eigenvalue weighted by atomic mass is 10.0. The van der Waals surface area contributed by atoms with Crippen molar-refractivity contribution in [2.75, 3.05) is 0 Å². The van der Waals surface area contributed by atoms with Gasteiger partial charge in [0.15, 0.2) is 0 Å². The molecule has 1 aliphatic rings. The van der Waals surface area contributed by atoms with E-state index in [0.29, 0.717) is 0 Å². The Morgan fingerprint density at radius 1 is 1.00 bits per heavy atom. The molecule has 1 saturated carbocycles. The third-order valence-electron chi connectivity index (χ3n) is 4.50. The van der Waals surface area contributed by atoms with Gasteiger partial charge in [-0.2, -0.15) is 0 Å². The minimum absolute atomic E-state index is 0.824. The fourth-order valence-corrected chi connectivity index (χ4v) is 3.37. The molecule has 4 rings (SSSR count). The quantitative estimate of drug-likeness (QED) is 0.705. The zero-order valence-electron chi connectivity index (χ0n) is 14.0. The maximum Gasteiger partial charge on any atom is 0.107 e. The summed E-state index contributed by atoms with van der Waals surface area (Å²) in [6.07, 6.45) is 10.3. The summed E-state index contributed by atoms with van der Waals surface area (Å²) in [5, 5.41) is 0. The highest BCUT2D eigenvalue weighted by Gasteiger charge is 2.17. The number of hydrogen-bond acceptors (Lipinski definition) is 2. The molecule has 1 aromatic carbocycles. The minimum atomic E-state index is 0.824. The Bertz CT molecular complexity index is 740. The van der Waals surface area contributed by atoms with Crippen molar-refractivity contribution in [3.05, 3.63) is 48.5 Å². The lowest BCUT2D eigenvalue weighted by Crippen LogP contribution is -2.00. The number of pyridine rings is 1. The number of aromatic amines is 1. The fraction of sp³-hybridized carbons (Fsp3) is 0.400. The van der Waals surface area contributed by atoms with Crippen molar-refractivity contribution < 1.29 is 0 Å². The average molecular weight is 307 g/mol. The van der Waals surface area contributed by atoms with Gasteiger partial charge >= 0.3 is 0 Å². The largest absolute Gasteiger partial charge is 0.342 e. The van der Waals surface area contributed by atoms with Crippen LogP contribution in [-0.4, -0.2) is 15.0 Å². The number of benzene rings is 1. The molecular formula is C20H25N3. The fourth-order valence-electron chi connectivity index (χ4n) is 3.37. The molecule has 3 heteroatoms. The van der Waals surface area contributed by atoms with E-state index in [0.717, 1.165) is 29.2 Å². The molecule has 0 unspecified atom stereocenters. The summed E-state index contributed by atoms with van der Waals surface area (Å²) in [6, 6.07) is 10.5. The first-order chi connectivity index (χ1) is 11.4. The molecule has 0 aliphatic heterocycles. The van der Waals surface area contributed by atoms with E-state index in [-0.39, 0.29) is 0 Å². The predicted molar refractivity (Wildman–Crippen MR) is 96.3 cm³/mol. The molecule has 120 valence electrons. The van der Waals surface area contributed by atoms with Crippen molar-refractivity contribution in [1.29, 1.82) is 0 Å². The van der Waals surface area contributed by atoms with E-state index in [4.69, 9.17) is 4.98 Å². The van der Waals surface area contributed by atoms with E-state index in [1.54, 1.807) is 0 Å². The Morgan fingerprint density at radius 2 is 1.74 bits per heavy atom. The Labute approximate surface area is 138 Å². The summed E-state index contributed by atoms with van der Waals surface area (Å²) in [7, 11) is 0. The number of fused-ring (bicyclic) bond motifs is 1. The number of nitrogens with one attached hydrogen (secondary N) is 1. The van der Waals surface area contributed by atoms with Gasteiger partial charge < -0.3 is 4.98 Å². The normalized spacial score (nSPS) is 14.7. The maximum atomic E-state index is 4.74. The summed E-state index contributed by atoms with van der Waals surface area (Å²) in [4.78, 5) is 12.3. The molecule has 2 aromatic heterocycles. The summed E-state index contributed by atoms with van der Waals surface area (Å²) in [5.41, 5.74) is 4.61. The summed E-state index contributed by atoms with van der Waals surface area (Å²) in [6.45, 7) is 4.00. The van der Waals surface area contributed by atoms with Gasteiger partial charge in [-0.15, -0.1) is 0 Å². The van der Waals surface area contributed by atoms with E-state index in [2.05, 4.69) is 28.2 Å². The molecule has 0 bridgehead atoms. The molecule has 0 saturated heterocycles. The van der Waals surface area contributed by atoms with E-state index < -0.39 is 0 Å². The third kappa shape index (κ3) is 3.61. The highest BCUT2D eigenvalue weighted by molar-refractivity contribution is 5.81. The van der Waals surface area contributed by atoms with Gasteiger partial charge in [0.05, 0.1) is 11.0 Å². The maximum absolute atomic E-state index is 4.74. The first kappa shape index (κ1) is 15.7. The van der Waals surface area contributed by atoms with E-state index in [1.165, 1.54) is 36.8 Å². The van der Waals surface area contributed by atoms with Gasteiger partial charge in [-0.25, -0.2) is 4.98 Å². The number of H-pyrrole nitrogens is 1. The van der Waals surface area contributed by atoms with Gasteiger partial charge in [0.2, 0.25) is 0 Å². The lowest BCUT2D eigenvalue weighted by Gasteiger charge is -2.04. The first-order valence-corrected chi connectivity index (χ1v) is 8.77. The zero-order chi connectivity index (χ0) is 16.1. The van der Waals surface area contributed by atoms with Crippen molar-refractivity contribution in [1.82, 2.24) is 15.0 Å². The molecule has 1 N–H and O–H groups in total. The standard InChI is InChI=1S/C18H19N3.C2H6/c1-2-4-13(3-1)11-18-20-16-6-5-15(12-17(16)21-18)14-7-9-19-10-8-14;1-2/h5-10,12-13H,1-4,11H2,(H,20,21);1-2H3. The highest BCUT2D eigenvalue weighted by atomic mass is 14.9. The number of hydrogen-bond donors (Lipinski definition) is 1. The second kappa shape index (κ2) is 7.40. The molecule has 3 aromatic rings. The second-order valence-corrected chi connectivity index (χ2v) is 6.01. The number of aromatic nitrogens is 3. The van der Waals surface area contributed by atoms with Crippen LogP contribution in [0.2, 0.25) is 0 Å². The second-order valence-electron chi connectivity index (χ2n) is 6.01. The van der Waals surface area contributed by atoms with Crippen LogP contribution in [0.3, 0.4) is 0 Å². The summed E-state index contributed by atoms with van der Waals surface area (Å²) in [5.74, 6) is 1.97. The topological polar surface area (TPSA) is 41.6 Å². The highest BCUT2D eigenvalue weighted by Crippen LogP contribution is 2.28. The van der Waals surface area contributed by atoms with Crippen LogP contribution >= 0.6 is 0 Å². The van der Waals surface area contributed by atoms with Crippen LogP contribution in [0, 0.1) is 5.92 Å². The van der Waals surface area contributed by atoms with Crippen molar-refractivity contribution in [2.45, 2.75) is 46.0 Å². The Balaban J connectivity index is 0.000000753. The average Bonchev–Trinajstić information content (AvgIpc) is 3.26. The van der Waals surface area contributed by atoms with E-state index in [9.17, 15) is 0 Å². The first-order valence-electron chi connectivity index (χ1n) is 8.77. The molecule has 3 nitrogen and oxygen atoms in total. The molecule has 0 radical (unpaired) electrons. The van der Waals surface area contributed by atoms with Crippen molar-refractivity contribution in [2.24, 2.45) is 5.92 Å². The van der Waals surface area contributed by atoms with Crippen molar-refractivity contribution in [3.8, 4) is 11.1 Å². The van der Waals surface area contributed by atoms with Crippen LogP contribution in [0.5, 0.6) is 0 Å². The molecule has 0 spiro atoms. The predicted octanol–water partition coefficient (Wildman–Crippen LogP) is 5.38. The van der Waals surface area contributed by atoms with Crippen LogP contribution in [0.25, 0.3) is 22.2 Å². The van der Waals surface area contributed by atoms with E-state index >= 15 is 0 Å². The molecular weight excluding hydrogens is 282 g/mol. The van der Waals surface area contributed by atoms with Crippen LogP contribution in [0.4, 0.5) is 0 Å². The van der Waals surface area contributed by atoms with Crippen LogP contribution < -0.4 is 0 Å². The van der Waals surface area contributed by atoms with Gasteiger partial charge in [-0.3, -0.25) is 4.98 Å². The van der Waals surface area contributed by atoms with Crippen LogP contribution in [-0.2, 0) is 6.42 Å². The summed E-state index contributed by atoms with van der Waals surface area (Å²) >= 11 is 0. The van der Waals surface area contributed by atoms with Gasteiger partial charge in [0.25, 0.3) is 0 Å². The SMILES string of the molecule is CC.c1cc(-c2ccc3nc(CC4CCCC4)[nH]c3c2)ccn1. The van der Waals surface area contributed by atoms with Gasteiger partial charge in [-0.1, -0.05) is 45.6 Å². The molecule has 1 fully saturated rings. The molecule has 0 atom stereocenters. The molecule has 2 heterocycles. The van der Waals surface area contributed by atoms with Crippen LogP contribution in [0.1, 0.15) is 45.4 Å². The van der Waals surface area contributed by atoms with Gasteiger partial charge in [-0.05, 0) is 41.3 Å². The number of nitrogens with zero attached hydrogens (tertiary/aromatic N) is 2. The van der Waals surface area contributed by atoms with Crippen LogP contribution in [0.15, 0.2) is 42.7 Å². The lowest BCUT2D eigenvalue weighted by molar-refractivity contribution is 0.534. The summed E-state index contributed by atoms with van der Waals surface area (Å²) < 4.78 is 0. The van der Waals surface area contributed by atoms with E-state index in [1.807, 2.05) is 38.4 Å². The van der Waals surface area contributed by atoms with Gasteiger partial charge in [0.1, 0.15) is 5.82 Å².